The standard InChI is InChI=1S/C24H30N8O6/c25-13-20(34)27-8-2-10-31-14-15(29-30-31)7-11-38-12-9-26-17-4-1-3-16-21(17)24(37)32(23(16)36)18-5-6-19(33)28-22(18)35/h1,3-4,14,18,26H,2,5-13,25H2,(H,27,34)(H,28,33,35). The zero-order valence-corrected chi connectivity index (χ0v) is 20.8. The SMILES string of the molecule is NCC(=O)NCCCn1cc(CCOCCNc2cccc3c2C(=O)N(C2CCC(=O)NC2=O)C3=O)nn1. The van der Waals surface area contributed by atoms with Crippen LogP contribution in [0.25, 0.3) is 0 Å². The third-order valence-electron chi connectivity index (χ3n) is 6.19. The maximum atomic E-state index is 13.1. The minimum Gasteiger partial charge on any atom is -0.382 e. The molecule has 1 aromatic carbocycles. The summed E-state index contributed by atoms with van der Waals surface area (Å²) in [5.41, 5.74) is 6.93. The van der Waals surface area contributed by atoms with E-state index in [0.717, 1.165) is 10.6 Å². The molecule has 202 valence electrons. The van der Waals surface area contributed by atoms with Gasteiger partial charge in [-0.2, -0.15) is 0 Å². The highest BCUT2D eigenvalue weighted by molar-refractivity contribution is 6.25. The van der Waals surface area contributed by atoms with Crippen LogP contribution in [-0.4, -0.2) is 88.3 Å². The third kappa shape index (κ3) is 6.20. The van der Waals surface area contributed by atoms with Crippen LogP contribution in [0.2, 0.25) is 0 Å². The predicted molar refractivity (Wildman–Crippen MR) is 133 cm³/mol. The topological polar surface area (TPSA) is 191 Å². The normalized spacial score (nSPS) is 17.0. The van der Waals surface area contributed by atoms with Crippen molar-refractivity contribution < 1.29 is 28.7 Å². The lowest BCUT2D eigenvalue weighted by molar-refractivity contribution is -0.136. The second-order valence-electron chi connectivity index (χ2n) is 8.85. The van der Waals surface area contributed by atoms with Crippen LogP contribution >= 0.6 is 0 Å². The molecule has 5 amide bonds. The van der Waals surface area contributed by atoms with E-state index in [-0.39, 0.29) is 36.4 Å². The first kappa shape index (κ1) is 26.9. The van der Waals surface area contributed by atoms with Gasteiger partial charge in [0.2, 0.25) is 17.7 Å². The highest BCUT2D eigenvalue weighted by atomic mass is 16.5. The van der Waals surface area contributed by atoms with Crippen molar-refractivity contribution in [2.75, 3.05) is 38.2 Å². The van der Waals surface area contributed by atoms with Gasteiger partial charge < -0.3 is 21.1 Å². The molecule has 1 unspecified atom stereocenters. The number of carbonyl (C=O) groups excluding carboxylic acids is 5. The second-order valence-corrected chi connectivity index (χ2v) is 8.85. The molecule has 1 aromatic heterocycles. The van der Waals surface area contributed by atoms with Crippen LogP contribution in [-0.2, 0) is 32.1 Å². The quantitative estimate of drug-likeness (QED) is 0.182. The molecule has 4 rings (SSSR count). The van der Waals surface area contributed by atoms with Crippen molar-refractivity contribution >= 4 is 35.2 Å². The molecular formula is C24H30N8O6. The minimum absolute atomic E-state index is 0.0303. The fourth-order valence-corrected chi connectivity index (χ4v) is 4.30. The molecule has 0 spiro atoms. The van der Waals surface area contributed by atoms with E-state index in [0.29, 0.717) is 51.4 Å². The van der Waals surface area contributed by atoms with Gasteiger partial charge in [-0.05, 0) is 25.0 Å². The number of fused-ring (bicyclic) bond motifs is 1. The van der Waals surface area contributed by atoms with E-state index in [4.69, 9.17) is 10.5 Å². The number of carbonyl (C=O) groups is 5. The van der Waals surface area contributed by atoms with E-state index in [1.807, 2.05) is 6.20 Å². The van der Waals surface area contributed by atoms with Gasteiger partial charge in [0, 0.05) is 44.4 Å². The number of nitrogens with two attached hydrogens (primary N) is 1. The molecule has 1 saturated heterocycles. The first-order valence-corrected chi connectivity index (χ1v) is 12.4. The van der Waals surface area contributed by atoms with Crippen molar-refractivity contribution in [3.8, 4) is 0 Å². The van der Waals surface area contributed by atoms with E-state index in [9.17, 15) is 24.0 Å². The fraction of sp³-hybridized carbons (Fsp3) is 0.458. The first-order valence-electron chi connectivity index (χ1n) is 12.4. The van der Waals surface area contributed by atoms with E-state index < -0.39 is 29.7 Å². The molecule has 14 heteroatoms. The van der Waals surface area contributed by atoms with Crippen molar-refractivity contribution in [3.05, 3.63) is 41.2 Å². The van der Waals surface area contributed by atoms with E-state index in [2.05, 4.69) is 26.3 Å². The first-order chi connectivity index (χ1) is 18.4. The molecule has 1 atom stereocenters. The number of piperidine rings is 1. The highest BCUT2D eigenvalue weighted by Crippen LogP contribution is 2.32. The number of ether oxygens (including phenoxy) is 1. The maximum absolute atomic E-state index is 13.1. The van der Waals surface area contributed by atoms with Gasteiger partial charge in [-0.15, -0.1) is 5.10 Å². The van der Waals surface area contributed by atoms with Gasteiger partial charge in [-0.1, -0.05) is 11.3 Å². The van der Waals surface area contributed by atoms with E-state index in [1.165, 1.54) is 0 Å². The third-order valence-corrected chi connectivity index (χ3v) is 6.19. The van der Waals surface area contributed by atoms with Gasteiger partial charge in [0.25, 0.3) is 11.8 Å². The van der Waals surface area contributed by atoms with Crippen LogP contribution in [0.15, 0.2) is 24.4 Å². The Morgan fingerprint density at radius 2 is 2.00 bits per heavy atom. The number of hydrogen-bond donors (Lipinski definition) is 4. The Labute approximate surface area is 218 Å². The summed E-state index contributed by atoms with van der Waals surface area (Å²) in [4.78, 5) is 61.8. The number of nitrogens with one attached hydrogen (secondary N) is 3. The second kappa shape index (κ2) is 12.4. The van der Waals surface area contributed by atoms with Crippen LogP contribution in [0, 0.1) is 0 Å². The summed E-state index contributed by atoms with van der Waals surface area (Å²) in [6.07, 6.45) is 3.28. The van der Waals surface area contributed by atoms with Gasteiger partial charge in [0.05, 0.1) is 36.6 Å². The van der Waals surface area contributed by atoms with Crippen LogP contribution in [0.3, 0.4) is 0 Å². The Morgan fingerprint density at radius 1 is 1.16 bits per heavy atom. The largest absolute Gasteiger partial charge is 0.382 e. The summed E-state index contributed by atoms with van der Waals surface area (Å²) in [6, 6.07) is 3.90. The van der Waals surface area contributed by atoms with Crippen molar-refractivity contribution in [3.63, 3.8) is 0 Å². The van der Waals surface area contributed by atoms with Crippen molar-refractivity contribution in [2.24, 2.45) is 5.73 Å². The number of nitrogens with zero attached hydrogens (tertiary/aromatic N) is 4. The molecule has 0 radical (unpaired) electrons. The summed E-state index contributed by atoms with van der Waals surface area (Å²) < 4.78 is 7.37. The molecular weight excluding hydrogens is 496 g/mol. The molecule has 0 saturated carbocycles. The Bertz CT molecular complexity index is 1230. The number of imide groups is 2. The van der Waals surface area contributed by atoms with Crippen LogP contribution < -0.4 is 21.7 Å². The van der Waals surface area contributed by atoms with Gasteiger partial charge in [-0.3, -0.25) is 38.9 Å². The monoisotopic (exact) mass is 526 g/mol. The average Bonchev–Trinajstić information content (AvgIpc) is 3.46. The Hall–Kier alpha value is -4.17. The predicted octanol–water partition coefficient (Wildman–Crippen LogP) is -1.18. The molecule has 2 aliphatic heterocycles. The molecule has 5 N–H and O–H groups in total. The van der Waals surface area contributed by atoms with Crippen LogP contribution in [0.4, 0.5) is 5.69 Å². The summed E-state index contributed by atoms with van der Waals surface area (Å²) in [7, 11) is 0. The van der Waals surface area contributed by atoms with Crippen molar-refractivity contribution in [1.29, 1.82) is 0 Å². The molecule has 38 heavy (non-hydrogen) atoms. The summed E-state index contributed by atoms with van der Waals surface area (Å²) >= 11 is 0. The van der Waals surface area contributed by atoms with Crippen LogP contribution in [0.1, 0.15) is 45.7 Å². The Morgan fingerprint density at radius 3 is 2.79 bits per heavy atom. The summed E-state index contributed by atoms with van der Waals surface area (Å²) in [5.74, 6) is -2.36. The minimum atomic E-state index is -1.01. The summed E-state index contributed by atoms with van der Waals surface area (Å²) in [6.45, 7) is 2.25. The zero-order chi connectivity index (χ0) is 27.1. The van der Waals surface area contributed by atoms with Gasteiger partial charge in [0.15, 0.2) is 0 Å². The molecule has 3 heterocycles. The molecule has 0 aliphatic carbocycles. The van der Waals surface area contributed by atoms with Crippen molar-refractivity contribution in [1.82, 2.24) is 30.5 Å². The summed E-state index contributed by atoms with van der Waals surface area (Å²) in [5, 5.41) is 16.2. The molecule has 0 bridgehead atoms. The number of benzene rings is 1. The lowest BCUT2D eigenvalue weighted by atomic mass is 10.0. The van der Waals surface area contributed by atoms with Crippen molar-refractivity contribution in [2.45, 2.75) is 38.3 Å². The van der Waals surface area contributed by atoms with Gasteiger partial charge >= 0.3 is 0 Å². The molecule has 2 aliphatic rings. The number of amides is 5. The van der Waals surface area contributed by atoms with E-state index >= 15 is 0 Å². The zero-order valence-electron chi connectivity index (χ0n) is 20.8. The number of aryl methyl sites for hydroxylation is 1. The lowest BCUT2D eigenvalue weighted by Crippen LogP contribution is -2.54. The van der Waals surface area contributed by atoms with Crippen LogP contribution in [0.5, 0.6) is 0 Å². The molecule has 14 nitrogen and oxygen atoms in total. The Kier molecular flexibility index (Phi) is 8.76. The van der Waals surface area contributed by atoms with Gasteiger partial charge in [0.1, 0.15) is 6.04 Å². The molecule has 1 fully saturated rings. The number of hydrogen-bond acceptors (Lipinski definition) is 10. The smallest absolute Gasteiger partial charge is 0.264 e. The number of rotatable bonds is 13. The molecule has 2 aromatic rings. The van der Waals surface area contributed by atoms with Gasteiger partial charge in [-0.25, -0.2) is 0 Å². The highest BCUT2D eigenvalue weighted by Gasteiger charge is 2.45. The number of anilines is 1. The average molecular weight is 527 g/mol. The lowest BCUT2D eigenvalue weighted by Gasteiger charge is -2.27. The van der Waals surface area contributed by atoms with E-state index in [1.54, 1.807) is 22.9 Å². The maximum Gasteiger partial charge on any atom is 0.264 e. The fourth-order valence-electron chi connectivity index (χ4n) is 4.30. The Balaban J connectivity index is 1.21. The number of aromatic nitrogens is 3.